The predicted molar refractivity (Wildman–Crippen MR) is 87.3 cm³/mol. The Morgan fingerprint density at radius 1 is 1.24 bits per heavy atom. The molecule has 112 valence electrons. The molecule has 1 heterocycles. The molecule has 1 N–H and O–H groups in total. The highest BCUT2D eigenvalue weighted by atomic mass is 32.1. The maximum Gasteiger partial charge on any atom is 0.126 e. The molecule has 2 aromatic rings. The summed E-state index contributed by atoms with van der Waals surface area (Å²) in [5.74, 6) is 0.332. The van der Waals surface area contributed by atoms with Crippen molar-refractivity contribution in [3.63, 3.8) is 0 Å². The fraction of sp³-hybridized carbons (Fsp3) is 0.444. The Kier molecular flexibility index (Phi) is 4.71. The van der Waals surface area contributed by atoms with Crippen LogP contribution in [0.1, 0.15) is 55.0 Å². The average Bonchev–Trinajstić information content (AvgIpc) is 2.96. The fourth-order valence-electron chi connectivity index (χ4n) is 3.18. The highest BCUT2D eigenvalue weighted by molar-refractivity contribution is 7.10. The summed E-state index contributed by atoms with van der Waals surface area (Å²) < 4.78 is 13.8. The van der Waals surface area contributed by atoms with Gasteiger partial charge in [0.2, 0.25) is 0 Å². The summed E-state index contributed by atoms with van der Waals surface area (Å²) in [5.41, 5.74) is 0.888. The van der Waals surface area contributed by atoms with Crippen molar-refractivity contribution >= 4 is 11.3 Å². The van der Waals surface area contributed by atoms with E-state index in [1.54, 1.807) is 12.1 Å². The van der Waals surface area contributed by atoms with E-state index in [1.165, 1.54) is 17.7 Å². The van der Waals surface area contributed by atoms with E-state index in [-0.39, 0.29) is 5.82 Å². The molecule has 1 aliphatic rings. The first-order valence-electron chi connectivity index (χ1n) is 7.81. The highest BCUT2D eigenvalue weighted by Gasteiger charge is 2.33. The summed E-state index contributed by atoms with van der Waals surface area (Å²) in [6.45, 7) is 2.23. The first-order chi connectivity index (χ1) is 10.3. The van der Waals surface area contributed by atoms with Crippen molar-refractivity contribution in [1.29, 1.82) is 0 Å². The van der Waals surface area contributed by atoms with Crippen molar-refractivity contribution in [2.24, 2.45) is 0 Å². The topological polar surface area (TPSA) is 12.0 Å². The number of hydrogen-bond acceptors (Lipinski definition) is 2. The van der Waals surface area contributed by atoms with Gasteiger partial charge in [-0.1, -0.05) is 37.6 Å². The minimum atomic E-state index is -0.0516. The molecule has 1 atom stereocenters. The Labute approximate surface area is 130 Å². The van der Waals surface area contributed by atoms with Crippen LogP contribution in [0.2, 0.25) is 0 Å². The van der Waals surface area contributed by atoms with Gasteiger partial charge >= 0.3 is 0 Å². The smallest absolute Gasteiger partial charge is 0.126 e. The van der Waals surface area contributed by atoms with E-state index in [4.69, 9.17) is 0 Å². The predicted octanol–water partition coefficient (Wildman–Crippen LogP) is 5.26. The van der Waals surface area contributed by atoms with Gasteiger partial charge < -0.3 is 5.32 Å². The lowest BCUT2D eigenvalue weighted by molar-refractivity contribution is 0.257. The molecule has 0 spiro atoms. The Morgan fingerprint density at radius 3 is 2.71 bits per heavy atom. The molecule has 0 bridgehead atoms. The third-order valence-electron chi connectivity index (χ3n) is 4.38. The second-order valence-corrected chi connectivity index (χ2v) is 6.89. The van der Waals surface area contributed by atoms with E-state index in [9.17, 15) is 4.39 Å². The second kappa shape index (κ2) is 6.71. The van der Waals surface area contributed by atoms with Gasteiger partial charge in [-0.2, -0.15) is 0 Å². The molecular weight excluding hydrogens is 281 g/mol. The molecule has 1 aliphatic carbocycles. The van der Waals surface area contributed by atoms with Gasteiger partial charge in [0, 0.05) is 17.0 Å². The number of nitrogens with one attached hydrogen (secondary N) is 1. The van der Waals surface area contributed by atoms with Crippen molar-refractivity contribution in [3.8, 4) is 0 Å². The summed E-state index contributed by atoms with van der Waals surface area (Å²) in [7, 11) is 0. The number of benzene rings is 1. The lowest BCUT2D eigenvalue weighted by Gasteiger charge is -2.38. The lowest BCUT2D eigenvalue weighted by Crippen LogP contribution is -2.42. The van der Waals surface area contributed by atoms with Crippen molar-refractivity contribution in [2.45, 2.75) is 50.6 Å². The van der Waals surface area contributed by atoms with E-state index in [2.05, 4.69) is 29.8 Å². The molecule has 0 radical (unpaired) electrons. The van der Waals surface area contributed by atoms with Crippen LogP contribution in [-0.2, 0) is 0 Å². The lowest BCUT2D eigenvalue weighted by atomic mass is 9.75. The normalized spacial score (nSPS) is 22.8. The van der Waals surface area contributed by atoms with Crippen LogP contribution in [0.25, 0.3) is 0 Å². The molecule has 0 aliphatic heterocycles. The summed E-state index contributed by atoms with van der Waals surface area (Å²) in [5, 5.41) is 5.91. The third kappa shape index (κ3) is 3.35. The molecule has 21 heavy (non-hydrogen) atoms. The second-order valence-electron chi connectivity index (χ2n) is 5.91. The number of halogens is 1. The number of rotatable bonds is 6. The summed E-state index contributed by atoms with van der Waals surface area (Å²) >= 11 is 1.82. The van der Waals surface area contributed by atoms with Crippen molar-refractivity contribution in [3.05, 3.63) is 58.0 Å². The molecule has 1 aromatic carbocycles. The van der Waals surface area contributed by atoms with Crippen LogP contribution in [0.5, 0.6) is 0 Å². The minimum absolute atomic E-state index is 0.0516. The van der Waals surface area contributed by atoms with Crippen LogP contribution in [0.15, 0.2) is 41.8 Å². The van der Waals surface area contributed by atoms with Crippen LogP contribution in [-0.4, -0.2) is 6.04 Å². The van der Waals surface area contributed by atoms with Gasteiger partial charge in [0.25, 0.3) is 0 Å². The van der Waals surface area contributed by atoms with Gasteiger partial charge in [0.15, 0.2) is 0 Å². The SMILES string of the molecule is CCCC(NC1CC(c2ccccc2F)C1)c1cccs1. The average molecular weight is 303 g/mol. The molecule has 1 saturated carbocycles. The van der Waals surface area contributed by atoms with Crippen molar-refractivity contribution in [1.82, 2.24) is 5.32 Å². The zero-order valence-electron chi connectivity index (χ0n) is 12.4. The molecule has 0 saturated heterocycles. The van der Waals surface area contributed by atoms with E-state index >= 15 is 0 Å². The third-order valence-corrected chi connectivity index (χ3v) is 5.37. The van der Waals surface area contributed by atoms with Crippen LogP contribution in [0.3, 0.4) is 0 Å². The quantitative estimate of drug-likeness (QED) is 0.767. The van der Waals surface area contributed by atoms with Crippen LogP contribution < -0.4 is 5.32 Å². The summed E-state index contributed by atoms with van der Waals surface area (Å²) in [6.07, 6.45) is 4.44. The number of hydrogen-bond donors (Lipinski definition) is 1. The zero-order valence-corrected chi connectivity index (χ0v) is 13.2. The van der Waals surface area contributed by atoms with Crippen molar-refractivity contribution in [2.75, 3.05) is 0 Å². The first kappa shape index (κ1) is 14.7. The van der Waals surface area contributed by atoms with Crippen LogP contribution in [0.4, 0.5) is 4.39 Å². The van der Waals surface area contributed by atoms with Gasteiger partial charge in [0.1, 0.15) is 5.82 Å². The van der Waals surface area contributed by atoms with Crippen molar-refractivity contribution < 1.29 is 4.39 Å². The molecule has 1 fully saturated rings. The van der Waals surface area contributed by atoms with E-state index in [1.807, 2.05) is 23.5 Å². The summed E-state index contributed by atoms with van der Waals surface area (Å²) in [6, 6.07) is 12.5. The fourth-order valence-corrected chi connectivity index (χ4v) is 4.01. The van der Waals surface area contributed by atoms with Gasteiger partial charge in [0.05, 0.1) is 0 Å². The Morgan fingerprint density at radius 2 is 2.05 bits per heavy atom. The van der Waals surface area contributed by atoms with E-state index in [0.29, 0.717) is 18.0 Å². The molecule has 3 rings (SSSR count). The van der Waals surface area contributed by atoms with E-state index in [0.717, 1.165) is 18.4 Å². The first-order valence-corrected chi connectivity index (χ1v) is 8.69. The Balaban J connectivity index is 1.57. The largest absolute Gasteiger partial charge is 0.306 e. The highest BCUT2D eigenvalue weighted by Crippen LogP contribution is 2.39. The molecule has 1 unspecified atom stereocenters. The molecule has 0 amide bonds. The van der Waals surface area contributed by atoms with E-state index < -0.39 is 0 Å². The maximum absolute atomic E-state index is 13.8. The summed E-state index contributed by atoms with van der Waals surface area (Å²) in [4.78, 5) is 1.42. The maximum atomic E-state index is 13.8. The van der Waals surface area contributed by atoms with Gasteiger partial charge in [-0.15, -0.1) is 11.3 Å². The molecule has 3 heteroatoms. The van der Waals surface area contributed by atoms with Gasteiger partial charge in [-0.25, -0.2) is 4.39 Å². The monoisotopic (exact) mass is 303 g/mol. The van der Waals surface area contributed by atoms with Gasteiger partial charge in [-0.05, 0) is 48.3 Å². The molecular formula is C18H22FNS. The van der Waals surface area contributed by atoms with Gasteiger partial charge in [-0.3, -0.25) is 0 Å². The Hall–Kier alpha value is -1.19. The zero-order chi connectivity index (χ0) is 14.7. The Bertz CT molecular complexity index is 560. The standard InChI is InChI=1S/C18H22FNS/c1-2-6-17(18-9-5-10-21-18)20-14-11-13(12-14)15-7-3-4-8-16(15)19/h3-5,7-10,13-14,17,20H,2,6,11-12H2,1H3. The van der Waals surface area contributed by atoms with Crippen LogP contribution in [0, 0.1) is 5.82 Å². The molecule has 1 aromatic heterocycles. The molecule has 1 nitrogen and oxygen atoms in total. The van der Waals surface area contributed by atoms with Crippen LogP contribution >= 0.6 is 11.3 Å². The minimum Gasteiger partial charge on any atom is -0.306 e. The number of thiophene rings is 1.